The highest BCUT2D eigenvalue weighted by atomic mass is 16.5. The molecule has 0 saturated heterocycles. The van der Waals surface area contributed by atoms with Crippen LogP contribution in [0.2, 0.25) is 0 Å². The van der Waals surface area contributed by atoms with E-state index in [9.17, 15) is 4.79 Å². The minimum absolute atomic E-state index is 0.262. The summed E-state index contributed by atoms with van der Waals surface area (Å²) in [6.45, 7) is 2.33. The number of hydrogen-bond donors (Lipinski definition) is 1. The Balaban J connectivity index is 1.63. The molecule has 0 aliphatic carbocycles. The maximum absolute atomic E-state index is 12.3. The van der Waals surface area contributed by atoms with E-state index < -0.39 is 0 Å². The van der Waals surface area contributed by atoms with Gasteiger partial charge in [0, 0.05) is 5.69 Å². The molecule has 3 aromatic rings. The van der Waals surface area contributed by atoms with Gasteiger partial charge in [0.15, 0.2) is 5.76 Å². The number of furan rings is 1. The number of nitrogens with one attached hydrogen (secondary N) is 1. The predicted molar refractivity (Wildman–Crippen MR) is 93.3 cm³/mol. The SMILES string of the molecule is CCc1ccccc1NC(=O)c1ccc(COc2ccccc2)o1. The molecule has 2 aromatic carbocycles. The molecular formula is C20H19NO3. The van der Waals surface area contributed by atoms with Crippen LogP contribution < -0.4 is 10.1 Å². The van der Waals surface area contributed by atoms with Crippen LogP contribution in [0.25, 0.3) is 0 Å². The summed E-state index contributed by atoms with van der Waals surface area (Å²) in [7, 11) is 0. The van der Waals surface area contributed by atoms with Crippen LogP contribution in [0.3, 0.4) is 0 Å². The predicted octanol–water partition coefficient (Wildman–Crippen LogP) is 4.67. The second-order valence-corrected chi connectivity index (χ2v) is 5.33. The van der Waals surface area contributed by atoms with Crippen molar-refractivity contribution in [2.24, 2.45) is 0 Å². The maximum atomic E-state index is 12.3. The summed E-state index contributed by atoms with van der Waals surface area (Å²) in [5.74, 6) is 1.37. The van der Waals surface area contributed by atoms with Gasteiger partial charge in [-0.15, -0.1) is 0 Å². The van der Waals surface area contributed by atoms with Crippen molar-refractivity contribution >= 4 is 11.6 Å². The number of amides is 1. The summed E-state index contributed by atoms with van der Waals surface area (Å²) in [5, 5.41) is 2.89. The minimum Gasteiger partial charge on any atom is -0.486 e. The number of anilines is 1. The Hall–Kier alpha value is -3.01. The van der Waals surface area contributed by atoms with E-state index in [0.29, 0.717) is 5.76 Å². The largest absolute Gasteiger partial charge is 0.486 e. The molecule has 0 atom stereocenters. The van der Waals surface area contributed by atoms with Gasteiger partial charge in [-0.05, 0) is 42.3 Å². The van der Waals surface area contributed by atoms with Crippen molar-refractivity contribution in [2.45, 2.75) is 20.0 Å². The van der Waals surface area contributed by atoms with Crippen LogP contribution in [0.4, 0.5) is 5.69 Å². The van der Waals surface area contributed by atoms with Gasteiger partial charge in [0.2, 0.25) is 0 Å². The van der Waals surface area contributed by atoms with Crippen LogP contribution >= 0.6 is 0 Å². The van der Waals surface area contributed by atoms with Crippen molar-refractivity contribution in [3.05, 3.63) is 83.8 Å². The van der Waals surface area contributed by atoms with Crippen LogP contribution in [-0.2, 0) is 13.0 Å². The highest BCUT2D eigenvalue weighted by Crippen LogP contribution is 2.18. The Labute approximate surface area is 141 Å². The molecular weight excluding hydrogens is 302 g/mol. The number of carbonyl (C=O) groups is 1. The van der Waals surface area contributed by atoms with Gasteiger partial charge in [0.25, 0.3) is 5.91 Å². The molecule has 0 bridgehead atoms. The van der Waals surface area contributed by atoms with Gasteiger partial charge in [-0.2, -0.15) is 0 Å². The molecule has 4 nitrogen and oxygen atoms in total. The van der Waals surface area contributed by atoms with Crippen molar-refractivity contribution in [2.75, 3.05) is 5.32 Å². The van der Waals surface area contributed by atoms with Gasteiger partial charge >= 0.3 is 0 Å². The van der Waals surface area contributed by atoms with Crippen molar-refractivity contribution in [1.82, 2.24) is 0 Å². The number of benzene rings is 2. The highest BCUT2D eigenvalue weighted by molar-refractivity contribution is 6.02. The minimum atomic E-state index is -0.262. The zero-order chi connectivity index (χ0) is 16.8. The molecule has 0 fully saturated rings. The molecule has 3 rings (SSSR count). The van der Waals surface area contributed by atoms with Gasteiger partial charge < -0.3 is 14.5 Å². The Morgan fingerprint density at radius 3 is 2.54 bits per heavy atom. The monoisotopic (exact) mass is 321 g/mol. The second kappa shape index (κ2) is 7.51. The molecule has 0 saturated carbocycles. The first-order valence-electron chi connectivity index (χ1n) is 7.92. The average molecular weight is 321 g/mol. The number of carbonyl (C=O) groups excluding carboxylic acids is 1. The molecule has 0 spiro atoms. The summed E-state index contributed by atoms with van der Waals surface area (Å²) in [6.07, 6.45) is 0.852. The van der Waals surface area contributed by atoms with Crippen LogP contribution in [0.5, 0.6) is 5.75 Å². The topological polar surface area (TPSA) is 51.5 Å². The molecule has 0 unspecified atom stereocenters. The van der Waals surface area contributed by atoms with Crippen molar-refractivity contribution in [3.8, 4) is 5.75 Å². The van der Waals surface area contributed by atoms with E-state index in [-0.39, 0.29) is 18.3 Å². The molecule has 0 aliphatic heterocycles. The summed E-state index contributed by atoms with van der Waals surface area (Å²) in [6, 6.07) is 20.6. The molecule has 1 amide bonds. The third-order valence-corrected chi connectivity index (χ3v) is 3.66. The maximum Gasteiger partial charge on any atom is 0.291 e. The Morgan fingerprint density at radius 2 is 1.75 bits per heavy atom. The zero-order valence-corrected chi connectivity index (χ0v) is 13.5. The third kappa shape index (κ3) is 3.84. The smallest absolute Gasteiger partial charge is 0.291 e. The lowest BCUT2D eigenvalue weighted by atomic mass is 10.1. The fourth-order valence-electron chi connectivity index (χ4n) is 2.38. The molecule has 4 heteroatoms. The van der Waals surface area contributed by atoms with Crippen molar-refractivity contribution < 1.29 is 13.9 Å². The molecule has 24 heavy (non-hydrogen) atoms. The molecule has 0 aliphatic rings. The molecule has 122 valence electrons. The fourth-order valence-corrected chi connectivity index (χ4v) is 2.38. The van der Waals surface area contributed by atoms with Crippen LogP contribution in [0.1, 0.15) is 28.8 Å². The van der Waals surface area contributed by atoms with E-state index in [1.165, 1.54) is 0 Å². The van der Waals surface area contributed by atoms with E-state index >= 15 is 0 Å². The lowest BCUT2D eigenvalue weighted by Crippen LogP contribution is -2.12. The van der Waals surface area contributed by atoms with Gasteiger partial charge in [0.1, 0.15) is 18.1 Å². The summed E-state index contributed by atoms with van der Waals surface area (Å²) >= 11 is 0. The summed E-state index contributed by atoms with van der Waals surface area (Å²) in [5.41, 5.74) is 1.90. The third-order valence-electron chi connectivity index (χ3n) is 3.66. The number of rotatable bonds is 6. The lowest BCUT2D eigenvalue weighted by Gasteiger charge is -2.08. The zero-order valence-electron chi connectivity index (χ0n) is 13.5. The summed E-state index contributed by atoms with van der Waals surface area (Å²) < 4.78 is 11.2. The van der Waals surface area contributed by atoms with E-state index in [4.69, 9.17) is 9.15 Å². The highest BCUT2D eigenvalue weighted by Gasteiger charge is 2.13. The standard InChI is InChI=1S/C20H19NO3/c1-2-15-8-6-7-11-18(15)21-20(22)19-13-12-17(24-19)14-23-16-9-4-3-5-10-16/h3-13H,2,14H2,1H3,(H,21,22). The summed E-state index contributed by atoms with van der Waals surface area (Å²) in [4.78, 5) is 12.3. The Bertz CT molecular complexity index is 809. The quantitative estimate of drug-likeness (QED) is 0.717. The molecule has 1 N–H and O–H groups in total. The van der Waals surface area contributed by atoms with Crippen LogP contribution in [0.15, 0.2) is 71.1 Å². The fraction of sp³-hybridized carbons (Fsp3) is 0.150. The molecule has 1 aromatic heterocycles. The van der Waals surface area contributed by atoms with Gasteiger partial charge in [-0.1, -0.05) is 43.3 Å². The van der Waals surface area contributed by atoms with E-state index in [0.717, 1.165) is 23.4 Å². The van der Waals surface area contributed by atoms with Gasteiger partial charge in [0.05, 0.1) is 0 Å². The van der Waals surface area contributed by atoms with Crippen LogP contribution in [0, 0.1) is 0 Å². The van der Waals surface area contributed by atoms with Gasteiger partial charge in [-0.3, -0.25) is 4.79 Å². The van der Waals surface area contributed by atoms with E-state index in [2.05, 4.69) is 12.2 Å². The van der Waals surface area contributed by atoms with E-state index in [1.54, 1.807) is 12.1 Å². The number of ether oxygens (including phenoxy) is 1. The lowest BCUT2D eigenvalue weighted by molar-refractivity contribution is 0.0992. The number of hydrogen-bond acceptors (Lipinski definition) is 3. The molecule has 0 radical (unpaired) electrons. The van der Waals surface area contributed by atoms with Gasteiger partial charge in [-0.25, -0.2) is 0 Å². The van der Waals surface area contributed by atoms with E-state index in [1.807, 2.05) is 54.6 Å². The van der Waals surface area contributed by atoms with Crippen molar-refractivity contribution in [1.29, 1.82) is 0 Å². The number of aryl methyl sites for hydroxylation is 1. The molecule has 1 heterocycles. The first-order valence-corrected chi connectivity index (χ1v) is 7.92. The normalized spacial score (nSPS) is 10.4. The Morgan fingerprint density at radius 1 is 1.00 bits per heavy atom. The second-order valence-electron chi connectivity index (χ2n) is 5.33. The van der Waals surface area contributed by atoms with Crippen LogP contribution in [-0.4, -0.2) is 5.91 Å². The average Bonchev–Trinajstić information content (AvgIpc) is 3.10. The van der Waals surface area contributed by atoms with Crippen molar-refractivity contribution in [3.63, 3.8) is 0 Å². The first kappa shape index (κ1) is 15.9. The number of para-hydroxylation sites is 2. The first-order chi connectivity index (χ1) is 11.8. The Kier molecular flexibility index (Phi) is 4.96.